The summed E-state index contributed by atoms with van der Waals surface area (Å²) in [5.74, 6) is 1.08. The van der Waals surface area contributed by atoms with E-state index in [1.165, 1.54) is 0 Å². The molecule has 0 aliphatic rings. The van der Waals surface area contributed by atoms with Crippen LogP contribution in [0.25, 0.3) is 0 Å². The number of rotatable bonds is 4. The second-order valence-electron chi connectivity index (χ2n) is 2.93. The zero-order chi connectivity index (χ0) is 10.4. The minimum absolute atomic E-state index is 0.471. The monoisotopic (exact) mass is 207 g/mol. The molecular weight excluding hydrogens is 194 g/mol. The Kier molecular flexibility index (Phi) is 4.27. The van der Waals surface area contributed by atoms with Gasteiger partial charge in [-0.05, 0) is 18.4 Å². The molecule has 0 bridgehead atoms. The fourth-order valence-electron chi connectivity index (χ4n) is 1.08. The molecule has 0 saturated carbocycles. The fourth-order valence-corrected chi connectivity index (χ4v) is 1.53. The van der Waals surface area contributed by atoms with Crippen molar-refractivity contribution in [2.24, 2.45) is 0 Å². The van der Waals surface area contributed by atoms with Gasteiger partial charge in [-0.2, -0.15) is 17.0 Å². The number of pyridine rings is 1. The molecule has 0 spiro atoms. The maximum Gasteiger partial charge on any atom is 0.142 e. The van der Waals surface area contributed by atoms with Crippen LogP contribution in [0.2, 0.25) is 0 Å². The predicted octanol–water partition coefficient (Wildman–Crippen LogP) is 1.75. The lowest BCUT2D eigenvalue weighted by molar-refractivity contribution is 0.973. The average Bonchev–Trinajstić information content (AvgIpc) is 2.26. The number of thioether (sulfide) groups is 1. The molecule has 1 aromatic rings. The van der Waals surface area contributed by atoms with Crippen LogP contribution in [0.5, 0.6) is 0 Å². The van der Waals surface area contributed by atoms with E-state index in [0.29, 0.717) is 5.69 Å². The van der Waals surface area contributed by atoms with Crippen LogP contribution in [-0.2, 0) is 0 Å². The molecule has 0 aliphatic heterocycles. The highest BCUT2D eigenvalue weighted by molar-refractivity contribution is 7.98. The summed E-state index contributed by atoms with van der Waals surface area (Å²) in [5, 5.41) is 8.68. The van der Waals surface area contributed by atoms with E-state index < -0.39 is 0 Å². The second kappa shape index (κ2) is 5.51. The van der Waals surface area contributed by atoms with Gasteiger partial charge in [-0.25, -0.2) is 4.98 Å². The number of nitrogens with zero attached hydrogens (tertiary/aromatic N) is 3. The van der Waals surface area contributed by atoms with Gasteiger partial charge in [0, 0.05) is 31.2 Å². The number of hydrogen-bond donors (Lipinski definition) is 0. The Bertz CT molecular complexity index is 332. The zero-order valence-electron chi connectivity index (χ0n) is 8.40. The van der Waals surface area contributed by atoms with Gasteiger partial charge in [-0.1, -0.05) is 0 Å². The third-order valence-corrected chi connectivity index (χ3v) is 2.52. The number of hydrogen-bond acceptors (Lipinski definition) is 4. The normalized spacial score (nSPS) is 9.50. The van der Waals surface area contributed by atoms with Gasteiger partial charge in [0.15, 0.2) is 0 Å². The summed E-state index contributed by atoms with van der Waals surface area (Å²) in [6, 6.07) is 5.76. The van der Waals surface area contributed by atoms with Gasteiger partial charge in [0.25, 0.3) is 0 Å². The Hall–Kier alpha value is -1.21. The molecule has 1 aromatic heterocycles. The summed E-state index contributed by atoms with van der Waals surface area (Å²) >= 11 is 1.81. The molecule has 74 valence electrons. The molecule has 0 amide bonds. The van der Waals surface area contributed by atoms with Crippen molar-refractivity contribution >= 4 is 17.4 Å². The van der Waals surface area contributed by atoms with E-state index in [0.717, 1.165) is 18.0 Å². The van der Waals surface area contributed by atoms with E-state index in [1.807, 2.05) is 30.9 Å². The molecule has 3 nitrogen and oxygen atoms in total. The molecular formula is C10H13N3S. The lowest BCUT2D eigenvalue weighted by Gasteiger charge is -2.18. The van der Waals surface area contributed by atoms with E-state index >= 15 is 0 Å². The Morgan fingerprint density at radius 1 is 1.64 bits per heavy atom. The minimum Gasteiger partial charge on any atom is -0.374 e. The molecule has 0 unspecified atom stereocenters. The van der Waals surface area contributed by atoms with Crippen LogP contribution in [0.15, 0.2) is 18.3 Å². The van der Waals surface area contributed by atoms with Crippen LogP contribution >= 0.6 is 11.8 Å². The van der Waals surface area contributed by atoms with Gasteiger partial charge in [0.2, 0.25) is 0 Å². The van der Waals surface area contributed by atoms with Crippen LogP contribution in [0.3, 0.4) is 0 Å². The van der Waals surface area contributed by atoms with Crippen molar-refractivity contribution < 1.29 is 0 Å². The van der Waals surface area contributed by atoms with Gasteiger partial charge < -0.3 is 4.90 Å². The Balaban J connectivity index is 2.70. The molecule has 1 rings (SSSR count). The summed E-state index contributed by atoms with van der Waals surface area (Å²) in [6.07, 6.45) is 3.75. The third kappa shape index (κ3) is 2.93. The first-order valence-electron chi connectivity index (χ1n) is 4.34. The molecule has 0 saturated heterocycles. The van der Waals surface area contributed by atoms with Crippen molar-refractivity contribution in [3.8, 4) is 6.07 Å². The van der Waals surface area contributed by atoms with Gasteiger partial charge in [-0.15, -0.1) is 0 Å². The summed E-state index contributed by atoms with van der Waals surface area (Å²) in [6.45, 7) is 0.982. The molecule has 0 atom stereocenters. The third-order valence-electron chi connectivity index (χ3n) is 1.93. The second-order valence-corrected chi connectivity index (χ2v) is 3.91. The van der Waals surface area contributed by atoms with E-state index in [9.17, 15) is 0 Å². The topological polar surface area (TPSA) is 39.9 Å². The Morgan fingerprint density at radius 2 is 2.43 bits per heavy atom. The van der Waals surface area contributed by atoms with Crippen LogP contribution < -0.4 is 4.90 Å². The van der Waals surface area contributed by atoms with Crippen LogP contribution in [0.1, 0.15) is 5.69 Å². The summed E-state index contributed by atoms with van der Waals surface area (Å²) in [5.41, 5.74) is 1.52. The number of nitriles is 1. The van der Waals surface area contributed by atoms with E-state index in [-0.39, 0.29) is 0 Å². The largest absolute Gasteiger partial charge is 0.374 e. The van der Waals surface area contributed by atoms with Crippen molar-refractivity contribution in [2.45, 2.75) is 0 Å². The molecule has 0 fully saturated rings. The first kappa shape index (κ1) is 10.9. The van der Waals surface area contributed by atoms with Crippen LogP contribution in [0.4, 0.5) is 5.69 Å². The van der Waals surface area contributed by atoms with Gasteiger partial charge in [0.1, 0.15) is 11.8 Å². The Morgan fingerprint density at radius 3 is 3.07 bits per heavy atom. The highest BCUT2D eigenvalue weighted by Crippen LogP contribution is 2.12. The summed E-state index contributed by atoms with van der Waals surface area (Å²) < 4.78 is 0. The van der Waals surface area contributed by atoms with Crippen LogP contribution in [0, 0.1) is 11.3 Å². The van der Waals surface area contributed by atoms with Crippen molar-refractivity contribution in [2.75, 3.05) is 30.5 Å². The minimum atomic E-state index is 0.471. The van der Waals surface area contributed by atoms with Crippen molar-refractivity contribution in [1.82, 2.24) is 4.98 Å². The first-order chi connectivity index (χ1) is 6.77. The summed E-state index contributed by atoms with van der Waals surface area (Å²) in [7, 11) is 2.02. The molecule has 0 aromatic carbocycles. The average molecular weight is 207 g/mol. The standard InChI is InChI=1S/C10H13N3S/c1-13(5-6-14-2)10-3-4-12-9(7-10)8-11/h3-4,7H,5-6H2,1-2H3. The first-order valence-corrected chi connectivity index (χ1v) is 5.73. The molecule has 0 N–H and O–H groups in total. The smallest absolute Gasteiger partial charge is 0.142 e. The maximum atomic E-state index is 8.68. The maximum absolute atomic E-state index is 8.68. The van der Waals surface area contributed by atoms with E-state index in [1.54, 1.807) is 12.3 Å². The SMILES string of the molecule is CSCCN(C)c1ccnc(C#N)c1. The number of anilines is 1. The van der Waals surface area contributed by atoms with E-state index in [2.05, 4.69) is 16.1 Å². The number of aromatic nitrogens is 1. The summed E-state index contributed by atoms with van der Waals surface area (Å²) in [4.78, 5) is 6.05. The van der Waals surface area contributed by atoms with Crippen molar-refractivity contribution in [3.63, 3.8) is 0 Å². The predicted molar refractivity (Wildman–Crippen MR) is 60.6 cm³/mol. The lowest BCUT2D eigenvalue weighted by Crippen LogP contribution is -2.20. The Labute approximate surface area is 88.8 Å². The molecule has 0 aliphatic carbocycles. The molecule has 0 radical (unpaired) electrons. The van der Waals surface area contributed by atoms with Gasteiger partial charge in [0.05, 0.1) is 0 Å². The zero-order valence-corrected chi connectivity index (χ0v) is 9.21. The van der Waals surface area contributed by atoms with Gasteiger partial charge in [-0.3, -0.25) is 0 Å². The highest BCUT2D eigenvalue weighted by Gasteiger charge is 2.01. The molecule has 4 heteroatoms. The van der Waals surface area contributed by atoms with E-state index in [4.69, 9.17) is 5.26 Å². The molecule has 1 heterocycles. The molecule has 14 heavy (non-hydrogen) atoms. The quantitative estimate of drug-likeness (QED) is 0.754. The van der Waals surface area contributed by atoms with Crippen molar-refractivity contribution in [3.05, 3.63) is 24.0 Å². The van der Waals surface area contributed by atoms with Crippen LogP contribution in [-0.4, -0.2) is 30.6 Å². The highest BCUT2D eigenvalue weighted by atomic mass is 32.2. The lowest BCUT2D eigenvalue weighted by atomic mass is 10.3. The van der Waals surface area contributed by atoms with Crippen molar-refractivity contribution in [1.29, 1.82) is 5.26 Å². The van der Waals surface area contributed by atoms with Gasteiger partial charge >= 0.3 is 0 Å². The fraction of sp³-hybridized carbons (Fsp3) is 0.400.